The Balaban J connectivity index is 0.00000240. The van der Waals surface area contributed by atoms with Crippen molar-refractivity contribution in [2.24, 2.45) is 0 Å². The van der Waals surface area contributed by atoms with Crippen molar-refractivity contribution in [1.29, 1.82) is 0 Å². The Labute approximate surface area is 172 Å². The summed E-state index contributed by atoms with van der Waals surface area (Å²) in [6.45, 7) is 3.66. The van der Waals surface area contributed by atoms with Crippen molar-refractivity contribution in [2.45, 2.75) is 38.5 Å². The maximum absolute atomic E-state index is 13.2. The molecule has 1 fully saturated rings. The summed E-state index contributed by atoms with van der Waals surface area (Å²) in [6.07, 6.45) is -2.37. The topological polar surface area (TPSA) is 47.3 Å². The standard InChI is InChI=1S/C21H21F3N2O2.ClH/c1-13-11-16-17(21(22,23)24)6-5-15(20(16)28-13)12-27-19-4-2-3-18(26-19)14-7-9-25-10-8-14;/h2-6,11,14,25H,7-10,12H2,1H3;1H. The van der Waals surface area contributed by atoms with Gasteiger partial charge in [-0.05, 0) is 51.1 Å². The quantitative estimate of drug-likeness (QED) is 0.588. The Bertz CT molecular complexity index is 982. The summed E-state index contributed by atoms with van der Waals surface area (Å²) in [5, 5.41) is 3.39. The summed E-state index contributed by atoms with van der Waals surface area (Å²) < 4.78 is 51.1. The molecule has 0 radical (unpaired) electrons. The first-order chi connectivity index (χ1) is 13.4. The molecule has 0 unspecified atom stereocenters. The SMILES string of the molecule is Cc1cc2c(C(F)(F)F)ccc(COc3cccc(C4CCNCC4)n3)c2o1.Cl. The minimum Gasteiger partial charge on any atom is -0.473 e. The zero-order valence-corrected chi connectivity index (χ0v) is 16.7. The predicted octanol–water partition coefficient (Wildman–Crippen LogP) is 5.62. The van der Waals surface area contributed by atoms with Crippen molar-refractivity contribution >= 4 is 23.4 Å². The van der Waals surface area contributed by atoms with Crippen molar-refractivity contribution in [3.63, 3.8) is 0 Å². The Morgan fingerprint density at radius 3 is 2.66 bits per heavy atom. The molecule has 4 nitrogen and oxygen atoms in total. The Kier molecular flexibility index (Phi) is 6.39. The van der Waals surface area contributed by atoms with Gasteiger partial charge in [0.05, 0.1) is 5.56 Å². The molecule has 0 atom stereocenters. The molecule has 1 aliphatic heterocycles. The average Bonchev–Trinajstić information content (AvgIpc) is 3.07. The summed E-state index contributed by atoms with van der Waals surface area (Å²) in [5.41, 5.74) is 1.06. The monoisotopic (exact) mass is 426 g/mol. The van der Waals surface area contributed by atoms with Crippen LogP contribution in [0.4, 0.5) is 13.2 Å². The maximum atomic E-state index is 13.2. The summed E-state index contributed by atoms with van der Waals surface area (Å²) >= 11 is 0. The van der Waals surface area contributed by atoms with Gasteiger partial charge in [-0.15, -0.1) is 12.4 Å². The van der Waals surface area contributed by atoms with Gasteiger partial charge in [0.1, 0.15) is 18.0 Å². The number of pyridine rings is 1. The number of aromatic nitrogens is 1. The van der Waals surface area contributed by atoms with Gasteiger partial charge < -0.3 is 14.5 Å². The molecule has 156 valence electrons. The van der Waals surface area contributed by atoms with Crippen LogP contribution >= 0.6 is 12.4 Å². The first-order valence-electron chi connectivity index (χ1n) is 9.31. The van der Waals surface area contributed by atoms with Crippen LogP contribution in [0.2, 0.25) is 0 Å². The van der Waals surface area contributed by atoms with E-state index in [1.54, 1.807) is 13.0 Å². The highest BCUT2D eigenvalue weighted by molar-refractivity contribution is 5.85. The minimum absolute atomic E-state index is 0. The van der Waals surface area contributed by atoms with Gasteiger partial charge in [-0.25, -0.2) is 4.98 Å². The third-order valence-corrected chi connectivity index (χ3v) is 5.07. The van der Waals surface area contributed by atoms with Crippen molar-refractivity contribution in [3.05, 3.63) is 59.0 Å². The van der Waals surface area contributed by atoms with Crippen LogP contribution in [-0.4, -0.2) is 18.1 Å². The van der Waals surface area contributed by atoms with Gasteiger partial charge in [-0.2, -0.15) is 13.2 Å². The minimum atomic E-state index is -4.43. The zero-order chi connectivity index (χ0) is 19.7. The molecule has 0 saturated carbocycles. The van der Waals surface area contributed by atoms with E-state index >= 15 is 0 Å². The number of halogens is 4. The Hall–Kier alpha value is -2.25. The van der Waals surface area contributed by atoms with Gasteiger partial charge in [-0.3, -0.25) is 0 Å². The van der Waals surface area contributed by atoms with E-state index in [2.05, 4.69) is 10.3 Å². The lowest BCUT2D eigenvalue weighted by Crippen LogP contribution is -2.27. The first-order valence-corrected chi connectivity index (χ1v) is 9.31. The summed E-state index contributed by atoms with van der Waals surface area (Å²) in [5.74, 6) is 1.29. The van der Waals surface area contributed by atoms with E-state index in [-0.39, 0.29) is 30.0 Å². The number of alkyl halides is 3. The molecule has 1 aliphatic rings. The number of hydrogen-bond donors (Lipinski definition) is 1. The van der Waals surface area contributed by atoms with Crippen molar-refractivity contribution in [1.82, 2.24) is 10.3 Å². The molecular formula is C21H22ClF3N2O2. The molecule has 0 aliphatic carbocycles. The summed E-state index contributed by atoms with van der Waals surface area (Å²) in [6, 6.07) is 9.56. The summed E-state index contributed by atoms with van der Waals surface area (Å²) in [4.78, 5) is 4.59. The van der Waals surface area contributed by atoms with Crippen molar-refractivity contribution in [2.75, 3.05) is 13.1 Å². The van der Waals surface area contributed by atoms with Crippen LogP contribution in [0.1, 0.15) is 41.3 Å². The number of piperidine rings is 1. The van der Waals surface area contributed by atoms with Gasteiger partial charge in [0, 0.05) is 28.6 Å². The molecule has 1 N–H and O–H groups in total. The second kappa shape index (κ2) is 8.63. The van der Waals surface area contributed by atoms with Crippen LogP contribution < -0.4 is 10.1 Å². The van der Waals surface area contributed by atoms with Crippen LogP contribution in [0.3, 0.4) is 0 Å². The smallest absolute Gasteiger partial charge is 0.417 e. The van der Waals surface area contributed by atoms with Gasteiger partial charge in [-0.1, -0.05) is 12.1 Å². The molecule has 0 bridgehead atoms. The van der Waals surface area contributed by atoms with Crippen LogP contribution in [0.15, 0.2) is 40.8 Å². The number of rotatable bonds is 4. The lowest BCUT2D eigenvalue weighted by Gasteiger charge is -2.22. The highest BCUT2D eigenvalue weighted by Crippen LogP contribution is 2.37. The van der Waals surface area contributed by atoms with Gasteiger partial charge in [0.15, 0.2) is 0 Å². The second-order valence-corrected chi connectivity index (χ2v) is 7.08. The largest absolute Gasteiger partial charge is 0.473 e. The van der Waals surface area contributed by atoms with E-state index in [1.165, 1.54) is 12.1 Å². The Morgan fingerprint density at radius 2 is 1.93 bits per heavy atom. The second-order valence-electron chi connectivity index (χ2n) is 7.08. The highest BCUT2D eigenvalue weighted by atomic mass is 35.5. The number of furan rings is 1. The number of fused-ring (bicyclic) bond motifs is 1. The molecule has 8 heteroatoms. The molecule has 1 aromatic carbocycles. The molecular weight excluding hydrogens is 405 g/mol. The molecule has 1 saturated heterocycles. The van der Waals surface area contributed by atoms with E-state index in [0.717, 1.165) is 37.7 Å². The normalized spacial score (nSPS) is 15.3. The van der Waals surface area contributed by atoms with E-state index in [1.807, 2.05) is 12.1 Å². The zero-order valence-electron chi connectivity index (χ0n) is 15.9. The van der Waals surface area contributed by atoms with Gasteiger partial charge in [0.2, 0.25) is 5.88 Å². The summed E-state index contributed by atoms with van der Waals surface area (Å²) in [7, 11) is 0. The lowest BCUT2D eigenvalue weighted by molar-refractivity contribution is -0.136. The Morgan fingerprint density at radius 1 is 1.17 bits per heavy atom. The molecule has 2 aromatic heterocycles. The number of ether oxygens (including phenoxy) is 1. The van der Waals surface area contributed by atoms with Crippen LogP contribution in [0.5, 0.6) is 5.88 Å². The third-order valence-electron chi connectivity index (χ3n) is 5.07. The molecule has 29 heavy (non-hydrogen) atoms. The molecule has 4 rings (SSSR count). The molecule has 3 heterocycles. The molecule has 0 spiro atoms. The number of aryl methyl sites for hydroxylation is 1. The number of benzene rings is 1. The number of nitrogens with zero attached hydrogens (tertiary/aromatic N) is 1. The first kappa shape index (κ1) is 21.5. The van der Waals surface area contributed by atoms with Gasteiger partial charge in [0.25, 0.3) is 0 Å². The van der Waals surface area contributed by atoms with E-state index < -0.39 is 11.7 Å². The maximum Gasteiger partial charge on any atom is 0.417 e. The number of hydrogen-bond acceptors (Lipinski definition) is 4. The fourth-order valence-corrected chi connectivity index (χ4v) is 3.67. The lowest BCUT2D eigenvalue weighted by atomic mass is 9.94. The average molecular weight is 427 g/mol. The third kappa shape index (κ3) is 4.67. The molecule has 0 amide bonds. The van der Waals surface area contributed by atoms with E-state index in [0.29, 0.717) is 23.1 Å². The van der Waals surface area contributed by atoms with Crippen LogP contribution in [0, 0.1) is 6.92 Å². The van der Waals surface area contributed by atoms with E-state index in [4.69, 9.17) is 9.15 Å². The fraction of sp³-hybridized carbons (Fsp3) is 0.381. The van der Waals surface area contributed by atoms with E-state index in [9.17, 15) is 13.2 Å². The fourth-order valence-electron chi connectivity index (χ4n) is 3.67. The number of nitrogens with one attached hydrogen (secondary N) is 1. The van der Waals surface area contributed by atoms with Crippen LogP contribution in [-0.2, 0) is 12.8 Å². The highest BCUT2D eigenvalue weighted by Gasteiger charge is 2.34. The predicted molar refractivity (Wildman–Crippen MR) is 107 cm³/mol. The molecule has 3 aromatic rings. The van der Waals surface area contributed by atoms with Gasteiger partial charge >= 0.3 is 6.18 Å². The van der Waals surface area contributed by atoms with Crippen LogP contribution in [0.25, 0.3) is 11.0 Å². The van der Waals surface area contributed by atoms with Crippen molar-refractivity contribution < 1.29 is 22.3 Å². The van der Waals surface area contributed by atoms with Crippen molar-refractivity contribution in [3.8, 4) is 5.88 Å².